The van der Waals surface area contributed by atoms with Crippen molar-refractivity contribution in [3.8, 4) is 0 Å². The van der Waals surface area contributed by atoms with Crippen molar-refractivity contribution in [3.63, 3.8) is 0 Å². The van der Waals surface area contributed by atoms with E-state index in [4.69, 9.17) is 0 Å². The van der Waals surface area contributed by atoms with Crippen LogP contribution < -0.4 is 10.6 Å². The lowest BCUT2D eigenvalue weighted by atomic mass is 9.83. The summed E-state index contributed by atoms with van der Waals surface area (Å²) in [5.41, 5.74) is 1.91. The highest BCUT2D eigenvalue weighted by Crippen LogP contribution is 2.37. The fourth-order valence-electron chi connectivity index (χ4n) is 5.05. The van der Waals surface area contributed by atoms with Crippen molar-refractivity contribution in [3.05, 3.63) is 107 Å². The largest absolute Gasteiger partial charge is 0.349 e. The van der Waals surface area contributed by atoms with E-state index >= 15 is 0 Å². The molecule has 1 saturated heterocycles. The van der Waals surface area contributed by atoms with E-state index in [1.54, 1.807) is 0 Å². The zero-order valence-corrected chi connectivity index (χ0v) is 20.6. The predicted octanol–water partition coefficient (Wildman–Crippen LogP) is 4.00. The van der Waals surface area contributed by atoms with Gasteiger partial charge in [-0.25, -0.2) is 9.69 Å². The number of carbonyl (C=O) groups is 3. The Labute approximate surface area is 216 Å². The molecule has 2 aliphatic carbocycles. The van der Waals surface area contributed by atoms with Crippen LogP contribution in [0.5, 0.6) is 0 Å². The van der Waals surface area contributed by atoms with Crippen LogP contribution in [0, 0.1) is 0 Å². The fourth-order valence-corrected chi connectivity index (χ4v) is 5.05. The molecule has 0 radical (unpaired) electrons. The molecule has 0 bridgehead atoms. The van der Waals surface area contributed by atoms with Gasteiger partial charge in [0, 0.05) is 24.2 Å². The van der Waals surface area contributed by atoms with Gasteiger partial charge >= 0.3 is 6.03 Å². The van der Waals surface area contributed by atoms with Gasteiger partial charge in [-0.1, -0.05) is 72.8 Å². The third-order valence-electron chi connectivity index (χ3n) is 7.42. The molecular weight excluding hydrogens is 464 g/mol. The first-order valence-electron chi connectivity index (χ1n) is 12.9. The van der Waals surface area contributed by atoms with Crippen molar-refractivity contribution in [2.75, 3.05) is 6.67 Å². The molecule has 0 aromatic heterocycles. The number of benzene rings is 3. The van der Waals surface area contributed by atoms with Crippen molar-refractivity contribution in [2.24, 2.45) is 0 Å². The smallest absolute Gasteiger partial charge is 0.326 e. The Balaban J connectivity index is 1.23. The van der Waals surface area contributed by atoms with Gasteiger partial charge in [-0.05, 0) is 54.5 Å². The Kier molecular flexibility index (Phi) is 6.00. The Morgan fingerprint density at radius 1 is 0.865 bits per heavy atom. The number of rotatable bonds is 9. The maximum atomic E-state index is 14.1. The monoisotopic (exact) mass is 494 g/mol. The summed E-state index contributed by atoms with van der Waals surface area (Å²) < 4.78 is 0. The van der Waals surface area contributed by atoms with E-state index in [-0.39, 0.29) is 18.5 Å². The van der Waals surface area contributed by atoms with E-state index in [1.807, 2.05) is 84.9 Å². The van der Waals surface area contributed by atoms with Crippen LogP contribution in [0.1, 0.15) is 52.7 Å². The molecule has 2 saturated carbocycles. The molecule has 2 N–H and O–H groups in total. The molecule has 7 heteroatoms. The van der Waals surface area contributed by atoms with Gasteiger partial charge < -0.3 is 10.6 Å². The molecule has 37 heavy (non-hydrogen) atoms. The van der Waals surface area contributed by atoms with E-state index in [0.29, 0.717) is 24.2 Å². The number of imide groups is 1. The number of nitrogens with one attached hydrogen (secondary N) is 2. The van der Waals surface area contributed by atoms with E-state index in [1.165, 1.54) is 4.90 Å². The van der Waals surface area contributed by atoms with Crippen LogP contribution in [0.3, 0.4) is 0 Å². The topological polar surface area (TPSA) is 81.8 Å². The first kappa shape index (κ1) is 23.4. The molecule has 0 atom stereocenters. The highest BCUT2D eigenvalue weighted by atomic mass is 16.2. The minimum atomic E-state index is -1.26. The van der Waals surface area contributed by atoms with Gasteiger partial charge in [0.05, 0.1) is 6.67 Å². The van der Waals surface area contributed by atoms with Gasteiger partial charge in [-0.3, -0.25) is 14.5 Å². The van der Waals surface area contributed by atoms with E-state index in [2.05, 4.69) is 15.5 Å². The van der Waals surface area contributed by atoms with E-state index in [0.717, 1.165) is 42.4 Å². The second-order valence-corrected chi connectivity index (χ2v) is 10.2. The summed E-state index contributed by atoms with van der Waals surface area (Å²) >= 11 is 0. The minimum Gasteiger partial charge on any atom is -0.349 e. The summed E-state index contributed by atoms with van der Waals surface area (Å²) in [5.74, 6) is -0.307. The summed E-state index contributed by atoms with van der Waals surface area (Å²) in [6.45, 7) is 0.802. The quantitative estimate of drug-likeness (QED) is 0.441. The van der Waals surface area contributed by atoms with E-state index in [9.17, 15) is 14.4 Å². The van der Waals surface area contributed by atoms with E-state index < -0.39 is 11.6 Å². The number of hydrogen-bond donors (Lipinski definition) is 2. The first-order chi connectivity index (χ1) is 18.0. The number of amides is 4. The second-order valence-electron chi connectivity index (χ2n) is 10.2. The highest BCUT2D eigenvalue weighted by Gasteiger charge is 2.54. The Morgan fingerprint density at radius 2 is 1.46 bits per heavy atom. The molecular formula is C30H30N4O3. The summed E-state index contributed by atoms with van der Waals surface area (Å²) in [4.78, 5) is 43.2. The highest BCUT2D eigenvalue weighted by molar-refractivity contribution is 6.09. The minimum absolute atomic E-state index is 0.0365. The van der Waals surface area contributed by atoms with Gasteiger partial charge in [0.25, 0.3) is 11.8 Å². The van der Waals surface area contributed by atoms with Crippen LogP contribution in [0.15, 0.2) is 84.9 Å². The lowest BCUT2D eigenvalue weighted by molar-refractivity contribution is -0.132. The van der Waals surface area contributed by atoms with Gasteiger partial charge in [0.2, 0.25) is 0 Å². The summed E-state index contributed by atoms with van der Waals surface area (Å²) in [7, 11) is 0. The van der Waals surface area contributed by atoms with Crippen molar-refractivity contribution >= 4 is 17.8 Å². The molecule has 188 valence electrons. The van der Waals surface area contributed by atoms with Crippen LogP contribution in [0.25, 0.3) is 0 Å². The van der Waals surface area contributed by atoms with Crippen LogP contribution in [0.4, 0.5) is 4.79 Å². The lowest BCUT2D eigenvalue weighted by Crippen LogP contribution is -2.46. The normalized spacial score (nSPS) is 18.7. The fraction of sp³-hybridized carbons (Fsp3) is 0.300. The molecule has 3 fully saturated rings. The van der Waals surface area contributed by atoms with Crippen molar-refractivity contribution < 1.29 is 14.4 Å². The lowest BCUT2D eigenvalue weighted by Gasteiger charge is -2.30. The SMILES string of the molecule is O=C(NC1CC1)c1ccc(CN(CN2C(=O)NC(c3ccccc3)(c3ccccc3)C2=O)C2CC2)cc1. The molecule has 1 aliphatic heterocycles. The Hall–Kier alpha value is -3.97. The summed E-state index contributed by atoms with van der Waals surface area (Å²) in [5, 5.41) is 6.05. The number of hydrogen-bond acceptors (Lipinski definition) is 4. The van der Waals surface area contributed by atoms with Crippen molar-refractivity contribution in [1.29, 1.82) is 0 Å². The maximum Gasteiger partial charge on any atom is 0.326 e. The summed E-state index contributed by atoms with van der Waals surface area (Å²) in [6, 6.07) is 26.7. The Bertz CT molecular complexity index is 1260. The zero-order valence-electron chi connectivity index (χ0n) is 20.6. The average Bonchev–Trinajstić information content (AvgIpc) is 3.86. The van der Waals surface area contributed by atoms with Gasteiger partial charge in [-0.15, -0.1) is 0 Å². The molecule has 0 unspecified atom stereocenters. The van der Waals surface area contributed by atoms with Crippen molar-refractivity contribution in [2.45, 2.75) is 49.9 Å². The standard InChI is InChI=1S/C30H30N4O3/c35-27(31-25-15-16-25)22-13-11-21(12-14-22)19-33(26-17-18-26)20-34-28(36)30(32-29(34)37,23-7-3-1-4-8-23)24-9-5-2-6-10-24/h1-14,25-26H,15-20H2,(H,31,35)(H,32,37). The Morgan fingerprint density at radius 3 is 2.00 bits per heavy atom. The van der Waals surface area contributed by atoms with Crippen LogP contribution in [-0.4, -0.2) is 46.4 Å². The number of carbonyl (C=O) groups excluding carboxylic acids is 3. The number of urea groups is 1. The molecule has 1 heterocycles. The van der Waals surface area contributed by atoms with Crippen LogP contribution in [0.2, 0.25) is 0 Å². The third-order valence-corrected chi connectivity index (χ3v) is 7.42. The predicted molar refractivity (Wildman–Crippen MR) is 139 cm³/mol. The maximum absolute atomic E-state index is 14.1. The van der Waals surface area contributed by atoms with Crippen LogP contribution in [-0.2, 0) is 16.9 Å². The summed E-state index contributed by atoms with van der Waals surface area (Å²) in [6.07, 6.45) is 4.18. The molecule has 0 spiro atoms. The number of nitrogens with zero attached hydrogens (tertiary/aromatic N) is 2. The molecule has 3 aromatic rings. The first-order valence-corrected chi connectivity index (χ1v) is 12.9. The second kappa shape index (κ2) is 9.48. The molecule has 4 amide bonds. The molecule has 7 nitrogen and oxygen atoms in total. The molecule has 6 rings (SSSR count). The van der Waals surface area contributed by atoms with Gasteiger partial charge in [0.1, 0.15) is 0 Å². The molecule has 3 aliphatic rings. The van der Waals surface area contributed by atoms with Crippen molar-refractivity contribution in [1.82, 2.24) is 20.4 Å². The van der Waals surface area contributed by atoms with Gasteiger partial charge in [-0.2, -0.15) is 0 Å². The van der Waals surface area contributed by atoms with Crippen LogP contribution >= 0.6 is 0 Å². The average molecular weight is 495 g/mol. The van der Waals surface area contributed by atoms with Gasteiger partial charge in [0.15, 0.2) is 5.54 Å². The third kappa shape index (κ3) is 4.62. The zero-order chi connectivity index (χ0) is 25.4. The molecule has 3 aromatic carbocycles.